The molecule has 0 atom stereocenters. The van der Waals surface area contributed by atoms with Crippen molar-refractivity contribution in [2.45, 2.75) is 65.3 Å². The monoisotopic (exact) mass is 197 g/mol. The molecule has 0 aromatic heterocycles. The van der Waals surface area contributed by atoms with Gasteiger partial charge in [-0.3, -0.25) is 0 Å². The molecule has 1 aliphatic carbocycles. The van der Waals surface area contributed by atoms with E-state index < -0.39 is 0 Å². The number of hydrogen-bond donors (Lipinski definition) is 1. The largest absolute Gasteiger partial charge is 0.314 e. The Morgan fingerprint density at radius 2 is 1.64 bits per heavy atom. The third-order valence-corrected chi connectivity index (χ3v) is 3.87. The van der Waals surface area contributed by atoms with Crippen LogP contribution in [0.15, 0.2) is 0 Å². The lowest BCUT2D eigenvalue weighted by Crippen LogP contribution is -2.35. The summed E-state index contributed by atoms with van der Waals surface area (Å²) in [5.41, 5.74) is 0. The summed E-state index contributed by atoms with van der Waals surface area (Å²) in [6.45, 7) is 8.24. The first kappa shape index (κ1) is 12.0. The Labute approximate surface area is 89.7 Å². The molecule has 1 aliphatic rings. The quantitative estimate of drug-likeness (QED) is 0.710. The van der Waals surface area contributed by atoms with E-state index in [-0.39, 0.29) is 0 Å². The molecule has 0 saturated heterocycles. The van der Waals surface area contributed by atoms with Gasteiger partial charge in [-0.25, -0.2) is 0 Å². The standard InChI is InChI=1S/C13H27N/c1-4-12(5-2)10-14-13-8-6-11(3)7-9-13/h11-14H,4-10H2,1-3H3. The Kier molecular flexibility index (Phi) is 5.54. The van der Waals surface area contributed by atoms with Gasteiger partial charge < -0.3 is 5.32 Å². The predicted molar refractivity (Wildman–Crippen MR) is 63.5 cm³/mol. The zero-order valence-electron chi connectivity index (χ0n) is 10.2. The summed E-state index contributed by atoms with van der Waals surface area (Å²) in [6.07, 6.45) is 8.32. The highest BCUT2D eigenvalue weighted by Crippen LogP contribution is 2.23. The highest BCUT2D eigenvalue weighted by molar-refractivity contribution is 4.76. The molecule has 14 heavy (non-hydrogen) atoms. The van der Waals surface area contributed by atoms with E-state index in [0.29, 0.717) is 0 Å². The molecule has 0 heterocycles. The minimum atomic E-state index is 0.826. The predicted octanol–water partition coefficient (Wildman–Crippen LogP) is 3.59. The summed E-state index contributed by atoms with van der Waals surface area (Å²) in [5, 5.41) is 3.74. The molecule has 0 aromatic carbocycles. The molecular weight excluding hydrogens is 170 g/mol. The first-order chi connectivity index (χ1) is 6.76. The van der Waals surface area contributed by atoms with E-state index >= 15 is 0 Å². The molecule has 0 aromatic rings. The van der Waals surface area contributed by atoms with E-state index in [4.69, 9.17) is 0 Å². The van der Waals surface area contributed by atoms with Crippen molar-refractivity contribution in [2.75, 3.05) is 6.54 Å². The summed E-state index contributed by atoms with van der Waals surface area (Å²) in [4.78, 5) is 0. The Balaban J connectivity index is 2.12. The van der Waals surface area contributed by atoms with Crippen LogP contribution in [0.4, 0.5) is 0 Å². The van der Waals surface area contributed by atoms with Gasteiger partial charge in [0, 0.05) is 6.04 Å². The molecule has 0 amide bonds. The Morgan fingerprint density at radius 3 is 2.14 bits per heavy atom. The lowest BCUT2D eigenvalue weighted by molar-refractivity contribution is 0.291. The van der Waals surface area contributed by atoms with E-state index in [1.54, 1.807) is 0 Å². The van der Waals surface area contributed by atoms with E-state index in [2.05, 4.69) is 26.1 Å². The van der Waals surface area contributed by atoms with E-state index in [9.17, 15) is 0 Å². The van der Waals surface area contributed by atoms with Crippen LogP contribution < -0.4 is 5.32 Å². The molecule has 0 unspecified atom stereocenters. The first-order valence-corrected chi connectivity index (χ1v) is 6.49. The van der Waals surface area contributed by atoms with E-state index in [0.717, 1.165) is 17.9 Å². The van der Waals surface area contributed by atoms with Gasteiger partial charge in [-0.05, 0) is 44.1 Å². The number of rotatable bonds is 5. The molecule has 1 nitrogen and oxygen atoms in total. The fourth-order valence-electron chi connectivity index (χ4n) is 2.37. The first-order valence-electron chi connectivity index (χ1n) is 6.49. The van der Waals surface area contributed by atoms with Crippen molar-refractivity contribution in [3.8, 4) is 0 Å². The van der Waals surface area contributed by atoms with Crippen molar-refractivity contribution in [3.63, 3.8) is 0 Å². The van der Waals surface area contributed by atoms with Gasteiger partial charge in [0.05, 0.1) is 0 Å². The molecule has 0 bridgehead atoms. The molecular formula is C13H27N. The van der Waals surface area contributed by atoms with Crippen molar-refractivity contribution < 1.29 is 0 Å². The van der Waals surface area contributed by atoms with Gasteiger partial charge in [0.1, 0.15) is 0 Å². The maximum absolute atomic E-state index is 3.74. The maximum atomic E-state index is 3.74. The smallest absolute Gasteiger partial charge is 0.00673 e. The maximum Gasteiger partial charge on any atom is 0.00673 e. The van der Waals surface area contributed by atoms with Crippen LogP contribution in [0, 0.1) is 11.8 Å². The van der Waals surface area contributed by atoms with E-state index in [1.165, 1.54) is 45.1 Å². The number of hydrogen-bond acceptors (Lipinski definition) is 1. The van der Waals surface area contributed by atoms with Gasteiger partial charge in [-0.2, -0.15) is 0 Å². The second-order valence-electron chi connectivity index (χ2n) is 5.05. The Morgan fingerprint density at radius 1 is 1.07 bits per heavy atom. The fraction of sp³-hybridized carbons (Fsp3) is 1.00. The molecule has 1 N–H and O–H groups in total. The average Bonchev–Trinajstić information content (AvgIpc) is 2.22. The molecule has 0 aliphatic heterocycles. The van der Waals surface area contributed by atoms with Gasteiger partial charge in [0.2, 0.25) is 0 Å². The second-order valence-corrected chi connectivity index (χ2v) is 5.05. The molecule has 84 valence electrons. The molecule has 0 spiro atoms. The third kappa shape index (κ3) is 4.00. The summed E-state index contributed by atoms with van der Waals surface area (Å²) in [6, 6.07) is 0.826. The second kappa shape index (κ2) is 6.44. The van der Waals surface area contributed by atoms with Crippen molar-refractivity contribution in [3.05, 3.63) is 0 Å². The third-order valence-electron chi connectivity index (χ3n) is 3.87. The van der Waals surface area contributed by atoms with Crippen LogP contribution in [-0.4, -0.2) is 12.6 Å². The minimum absolute atomic E-state index is 0.826. The van der Waals surface area contributed by atoms with Crippen molar-refractivity contribution in [1.82, 2.24) is 5.32 Å². The Hall–Kier alpha value is -0.0400. The van der Waals surface area contributed by atoms with Gasteiger partial charge in [-0.1, -0.05) is 33.6 Å². The molecule has 1 fully saturated rings. The lowest BCUT2D eigenvalue weighted by Gasteiger charge is -2.28. The summed E-state index contributed by atoms with van der Waals surface area (Å²) in [5.74, 6) is 1.87. The normalized spacial score (nSPS) is 28.3. The Bertz CT molecular complexity index is 132. The van der Waals surface area contributed by atoms with Crippen LogP contribution in [0.25, 0.3) is 0 Å². The molecule has 1 saturated carbocycles. The molecule has 1 rings (SSSR count). The zero-order chi connectivity index (χ0) is 10.4. The summed E-state index contributed by atoms with van der Waals surface area (Å²) < 4.78 is 0. The fourth-order valence-corrected chi connectivity index (χ4v) is 2.37. The van der Waals surface area contributed by atoms with Crippen LogP contribution in [0.5, 0.6) is 0 Å². The highest BCUT2D eigenvalue weighted by atomic mass is 14.9. The van der Waals surface area contributed by atoms with Gasteiger partial charge in [0.15, 0.2) is 0 Å². The topological polar surface area (TPSA) is 12.0 Å². The molecule has 1 heteroatoms. The van der Waals surface area contributed by atoms with Gasteiger partial charge in [-0.15, -0.1) is 0 Å². The van der Waals surface area contributed by atoms with Gasteiger partial charge in [0.25, 0.3) is 0 Å². The van der Waals surface area contributed by atoms with Crippen LogP contribution in [0.2, 0.25) is 0 Å². The van der Waals surface area contributed by atoms with Crippen molar-refractivity contribution >= 4 is 0 Å². The van der Waals surface area contributed by atoms with Crippen LogP contribution in [-0.2, 0) is 0 Å². The van der Waals surface area contributed by atoms with Crippen LogP contribution >= 0.6 is 0 Å². The van der Waals surface area contributed by atoms with Crippen LogP contribution in [0.1, 0.15) is 59.3 Å². The minimum Gasteiger partial charge on any atom is -0.314 e. The van der Waals surface area contributed by atoms with Gasteiger partial charge >= 0.3 is 0 Å². The van der Waals surface area contributed by atoms with Crippen molar-refractivity contribution in [2.24, 2.45) is 11.8 Å². The lowest BCUT2D eigenvalue weighted by atomic mass is 9.87. The van der Waals surface area contributed by atoms with E-state index in [1.807, 2.05) is 0 Å². The average molecular weight is 197 g/mol. The summed E-state index contributed by atoms with van der Waals surface area (Å²) >= 11 is 0. The summed E-state index contributed by atoms with van der Waals surface area (Å²) in [7, 11) is 0. The SMILES string of the molecule is CCC(CC)CNC1CCC(C)CC1. The highest BCUT2D eigenvalue weighted by Gasteiger charge is 2.18. The zero-order valence-corrected chi connectivity index (χ0v) is 10.2. The number of nitrogens with one attached hydrogen (secondary N) is 1. The molecule has 0 radical (unpaired) electrons. The van der Waals surface area contributed by atoms with Crippen LogP contribution in [0.3, 0.4) is 0 Å². The van der Waals surface area contributed by atoms with Crippen molar-refractivity contribution in [1.29, 1.82) is 0 Å².